The van der Waals surface area contributed by atoms with Crippen LogP contribution in [-0.2, 0) is 11.2 Å². The Morgan fingerprint density at radius 3 is 3.00 bits per heavy atom. The van der Waals surface area contributed by atoms with E-state index in [9.17, 15) is 0 Å². The Balaban J connectivity index is 2.05. The van der Waals surface area contributed by atoms with E-state index < -0.39 is 0 Å². The summed E-state index contributed by atoms with van der Waals surface area (Å²) in [5, 5.41) is 10.9. The fourth-order valence-electron chi connectivity index (χ4n) is 1.73. The van der Waals surface area contributed by atoms with Gasteiger partial charge in [-0.25, -0.2) is 0 Å². The standard InChI is InChI=1S/C10H15ClN2S2/c1-10(5-3-7-14-10)9-13-12-8(15-9)4-2-6-11/h2-7H2,1H3. The third-order valence-electron chi connectivity index (χ3n) is 2.66. The third kappa shape index (κ3) is 2.66. The summed E-state index contributed by atoms with van der Waals surface area (Å²) in [4.78, 5) is 0. The van der Waals surface area contributed by atoms with Gasteiger partial charge < -0.3 is 0 Å². The van der Waals surface area contributed by atoms with E-state index in [4.69, 9.17) is 11.6 Å². The first-order chi connectivity index (χ1) is 7.24. The second-order valence-corrected chi connectivity index (χ2v) is 7.01. The maximum Gasteiger partial charge on any atom is 0.133 e. The molecule has 2 rings (SSSR count). The van der Waals surface area contributed by atoms with Crippen LogP contribution in [0.25, 0.3) is 0 Å². The molecule has 0 aliphatic carbocycles. The van der Waals surface area contributed by atoms with Crippen molar-refractivity contribution in [3.05, 3.63) is 10.0 Å². The first-order valence-corrected chi connectivity index (χ1v) is 7.61. The quantitative estimate of drug-likeness (QED) is 0.778. The molecule has 1 fully saturated rings. The summed E-state index contributed by atoms with van der Waals surface area (Å²) in [6.07, 6.45) is 4.52. The zero-order valence-corrected chi connectivity index (χ0v) is 11.2. The topological polar surface area (TPSA) is 25.8 Å². The number of rotatable bonds is 4. The van der Waals surface area contributed by atoms with E-state index in [0.717, 1.165) is 17.8 Å². The summed E-state index contributed by atoms with van der Waals surface area (Å²) in [7, 11) is 0. The number of hydrogen-bond donors (Lipinski definition) is 0. The number of alkyl halides is 1. The van der Waals surface area contributed by atoms with Crippen molar-refractivity contribution < 1.29 is 0 Å². The molecule has 84 valence electrons. The van der Waals surface area contributed by atoms with Crippen LogP contribution in [0.5, 0.6) is 0 Å². The molecular formula is C10H15ClN2S2. The lowest BCUT2D eigenvalue weighted by Gasteiger charge is -2.17. The number of thioether (sulfide) groups is 1. The highest BCUT2D eigenvalue weighted by molar-refractivity contribution is 8.00. The van der Waals surface area contributed by atoms with E-state index in [1.165, 1.54) is 23.6 Å². The molecule has 1 unspecified atom stereocenters. The first kappa shape index (κ1) is 11.7. The molecule has 0 aromatic carbocycles. The van der Waals surface area contributed by atoms with Gasteiger partial charge in [0.05, 0.1) is 4.75 Å². The Kier molecular flexibility index (Phi) is 3.91. The average Bonchev–Trinajstić information content (AvgIpc) is 2.84. The van der Waals surface area contributed by atoms with E-state index >= 15 is 0 Å². The minimum absolute atomic E-state index is 0.233. The Bertz CT molecular complexity index is 321. The SMILES string of the molecule is CC1(c2nnc(CCCCl)s2)CCCS1. The van der Waals surface area contributed by atoms with Gasteiger partial charge in [0.15, 0.2) is 0 Å². The van der Waals surface area contributed by atoms with Gasteiger partial charge in [-0.2, -0.15) is 0 Å². The molecule has 1 saturated heterocycles. The molecule has 2 heterocycles. The van der Waals surface area contributed by atoms with E-state index in [0.29, 0.717) is 5.88 Å². The molecule has 5 heteroatoms. The highest BCUT2D eigenvalue weighted by Gasteiger charge is 2.34. The molecule has 1 aliphatic rings. The molecule has 2 nitrogen and oxygen atoms in total. The predicted molar refractivity (Wildman–Crippen MR) is 68.0 cm³/mol. The van der Waals surface area contributed by atoms with Crippen molar-refractivity contribution in [2.24, 2.45) is 0 Å². The third-order valence-corrected chi connectivity index (χ3v) is 5.83. The number of nitrogens with zero attached hydrogens (tertiary/aromatic N) is 2. The van der Waals surface area contributed by atoms with Crippen LogP contribution >= 0.6 is 34.7 Å². The predicted octanol–water partition coefficient (Wildman–Crippen LogP) is 3.45. The van der Waals surface area contributed by atoms with Crippen LogP contribution in [0, 0.1) is 0 Å². The second kappa shape index (κ2) is 5.02. The van der Waals surface area contributed by atoms with Crippen molar-refractivity contribution in [3.8, 4) is 0 Å². The summed E-state index contributed by atoms with van der Waals surface area (Å²) < 4.78 is 0.233. The van der Waals surface area contributed by atoms with Crippen LogP contribution in [0.4, 0.5) is 0 Å². The first-order valence-electron chi connectivity index (χ1n) is 5.27. The molecule has 1 atom stereocenters. The number of halogens is 1. The fraction of sp³-hybridized carbons (Fsp3) is 0.800. The Labute approximate surface area is 104 Å². The number of hydrogen-bond acceptors (Lipinski definition) is 4. The van der Waals surface area contributed by atoms with Gasteiger partial charge in [0.2, 0.25) is 0 Å². The van der Waals surface area contributed by atoms with Gasteiger partial charge in [-0.3, -0.25) is 0 Å². The molecule has 1 aromatic heterocycles. The van der Waals surface area contributed by atoms with Gasteiger partial charge in [0.25, 0.3) is 0 Å². The number of aryl methyl sites for hydroxylation is 1. The van der Waals surface area contributed by atoms with Crippen molar-refractivity contribution in [2.75, 3.05) is 11.6 Å². The summed E-state index contributed by atoms with van der Waals surface area (Å²) >= 11 is 9.45. The Hall–Kier alpha value is 0.200. The smallest absolute Gasteiger partial charge is 0.133 e. The maximum atomic E-state index is 5.67. The molecule has 0 amide bonds. The Morgan fingerprint density at radius 1 is 1.47 bits per heavy atom. The van der Waals surface area contributed by atoms with Gasteiger partial charge in [0.1, 0.15) is 10.0 Å². The van der Waals surface area contributed by atoms with Crippen LogP contribution in [0.15, 0.2) is 0 Å². The van der Waals surface area contributed by atoms with Crippen molar-refractivity contribution >= 4 is 34.7 Å². The van der Waals surface area contributed by atoms with Crippen molar-refractivity contribution in [3.63, 3.8) is 0 Å². The lowest BCUT2D eigenvalue weighted by molar-refractivity contribution is 0.633. The molecule has 0 radical (unpaired) electrons. The van der Waals surface area contributed by atoms with Gasteiger partial charge in [-0.15, -0.1) is 44.9 Å². The molecule has 1 aliphatic heterocycles. The van der Waals surface area contributed by atoms with E-state index in [-0.39, 0.29) is 4.75 Å². The van der Waals surface area contributed by atoms with E-state index in [1.807, 2.05) is 11.8 Å². The van der Waals surface area contributed by atoms with Crippen molar-refractivity contribution in [1.29, 1.82) is 0 Å². The highest BCUT2D eigenvalue weighted by Crippen LogP contribution is 2.46. The van der Waals surface area contributed by atoms with Crippen LogP contribution in [0.2, 0.25) is 0 Å². The zero-order valence-electron chi connectivity index (χ0n) is 8.83. The summed E-state index contributed by atoms with van der Waals surface area (Å²) in [6.45, 7) is 2.29. The van der Waals surface area contributed by atoms with Gasteiger partial charge in [-0.1, -0.05) is 0 Å². The maximum absolute atomic E-state index is 5.67. The van der Waals surface area contributed by atoms with E-state index in [2.05, 4.69) is 17.1 Å². The molecule has 0 saturated carbocycles. The lowest BCUT2D eigenvalue weighted by atomic mass is 10.1. The average molecular weight is 263 g/mol. The van der Waals surface area contributed by atoms with Crippen LogP contribution in [0.1, 0.15) is 36.2 Å². The Morgan fingerprint density at radius 2 is 2.33 bits per heavy atom. The lowest BCUT2D eigenvalue weighted by Crippen LogP contribution is -2.11. The van der Waals surface area contributed by atoms with Crippen molar-refractivity contribution in [2.45, 2.75) is 37.4 Å². The summed E-state index contributed by atoms with van der Waals surface area (Å²) in [5.41, 5.74) is 0. The van der Waals surface area contributed by atoms with Crippen LogP contribution in [0.3, 0.4) is 0 Å². The largest absolute Gasteiger partial charge is 0.148 e. The van der Waals surface area contributed by atoms with Crippen LogP contribution in [-0.4, -0.2) is 21.8 Å². The minimum Gasteiger partial charge on any atom is -0.148 e. The summed E-state index contributed by atoms with van der Waals surface area (Å²) in [6, 6.07) is 0. The second-order valence-electron chi connectivity index (χ2n) is 3.98. The monoisotopic (exact) mass is 262 g/mol. The minimum atomic E-state index is 0.233. The highest BCUT2D eigenvalue weighted by atomic mass is 35.5. The molecule has 1 aromatic rings. The van der Waals surface area contributed by atoms with E-state index in [1.54, 1.807) is 11.3 Å². The number of aromatic nitrogens is 2. The molecule has 0 bridgehead atoms. The fourth-order valence-corrected chi connectivity index (χ4v) is 4.31. The normalized spacial score (nSPS) is 26.0. The zero-order chi connectivity index (χ0) is 10.7. The summed E-state index contributed by atoms with van der Waals surface area (Å²) in [5.74, 6) is 1.97. The molecular weight excluding hydrogens is 248 g/mol. The molecule has 0 spiro atoms. The van der Waals surface area contributed by atoms with Gasteiger partial charge in [0, 0.05) is 12.3 Å². The molecule has 15 heavy (non-hydrogen) atoms. The van der Waals surface area contributed by atoms with Crippen molar-refractivity contribution in [1.82, 2.24) is 10.2 Å². The molecule has 0 N–H and O–H groups in total. The van der Waals surface area contributed by atoms with Gasteiger partial charge in [-0.05, 0) is 31.9 Å². The van der Waals surface area contributed by atoms with Crippen LogP contribution < -0.4 is 0 Å². The van der Waals surface area contributed by atoms with Gasteiger partial charge >= 0.3 is 0 Å².